The zero-order chi connectivity index (χ0) is 19.8. The molecule has 0 unspecified atom stereocenters. The molecule has 3 rings (SSSR count). The number of hydrogen-bond donors (Lipinski definition) is 1. The fraction of sp³-hybridized carbons (Fsp3) is 0.375. The first-order valence-electron chi connectivity index (χ1n) is 9.38. The number of benzene rings is 2. The van der Waals surface area contributed by atoms with Crippen LogP contribution in [0.1, 0.15) is 57.2 Å². The van der Waals surface area contributed by atoms with E-state index in [4.69, 9.17) is 9.84 Å². The van der Waals surface area contributed by atoms with Gasteiger partial charge in [-0.25, -0.2) is 4.79 Å². The number of methoxy groups -OCH3 is 1. The van der Waals surface area contributed by atoms with E-state index in [-0.39, 0.29) is 10.8 Å². The van der Waals surface area contributed by atoms with E-state index in [9.17, 15) is 4.79 Å². The average Bonchev–Trinajstić information content (AvgIpc) is 2.63. The molecule has 0 saturated heterocycles. The molecule has 0 fully saturated rings. The van der Waals surface area contributed by atoms with Crippen LogP contribution in [0.5, 0.6) is 5.75 Å². The van der Waals surface area contributed by atoms with Gasteiger partial charge in [-0.1, -0.05) is 45.9 Å². The van der Waals surface area contributed by atoms with Crippen molar-refractivity contribution in [1.82, 2.24) is 0 Å². The van der Waals surface area contributed by atoms with Gasteiger partial charge in [0.05, 0.1) is 7.11 Å². The number of rotatable bonds is 4. The summed E-state index contributed by atoms with van der Waals surface area (Å²) in [5.74, 6) is -0.0883. The maximum absolute atomic E-state index is 10.8. The molecule has 2 aromatic rings. The lowest BCUT2D eigenvalue weighted by molar-refractivity contribution is -0.131. The molecular weight excluding hydrogens is 336 g/mol. The van der Waals surface area contributed by atoms with E-state index in [1.165, 1.54) is 11.1 Å². The lowest BCUT2D eigenvalue weighted by Crippen LogP contribution is -2.33. The highest BCUT2D eigenvalue weighted by Gasteiger charge is 2.38. The fourth-order valence-electron chi connectivity index (χ4n) is 3.97. The molecule has 0 radical (unpaired) electrons. The summed E-state index contributed by atoms with van der Waals surface area (Å²) in [6.45, 7) is 9.22. The Labute approximate surface area is 161 Å². The first-order chi connectivity index (χ1) is 12.6. The second kappa shape index (κ2) is 6.88. The van der Waals surface area contributed by atoms with Crippen LogP contribution in [0.2, 0.25) is 0 Å². The summed E-state index contributed by atoms with van der Waals surface area (Å²) in [7, 11) is 1.71. The number of carboxylic acid groups (broad SMARTS) is 1. The summed E-state index contributed by atoms with van der Waals surface area (Å²) in [6.07, 6.45) is 5.09. The molecule has 0 aliphatic heterocycles. The standard InChI is InChI=1S/C24H28O3/c1-23(2)11-12-24(3,4)20-15-21(27-5)18(14-19(20)23)17-8-6-7-16(13-17)9-10-22(25)26/h6-10,13-15H,11-12H2,1-5H3,(H,25,26). The van der Waals surface area contributed by atoms with Gasteiger partial charge in [-0.2, -0.15) is 0 Å². The molecule has 0 aromatic heterocycles. The Balaban J connectivity index is 2.17. The van der Waals surface area contributed by atoms with Crippen LogP contribution in [0.4, 0.5) is 0 Å². The van der Waals surface area contributed by atoms with Crippen molar-refractivity contribution in [3.63, 3.8) is 0 Å². The van der Waals surface area contributed by atoms with Gasteiger partial charge in [-0.05, 0) is 70.2 Å². The Morgan fingerprint density at radius 2 is 1.67 bits per heavy atom. The molecule has 1 aliphatic carbocycles. The highest BCUT2D eigenvalue weighted by Crippen LogP contribution is 2.49. The molecule has 3 nitrogen and oxygen atoms in total. The molecule has 0 bridgehead atoms. The van der Waals surface area contributed by atoms with E-state index in [1.54, 1.807) is 13.2 Å². The predicted molar refractivity (Wildman–Crippen MR) is 110 cm³/mol. The lowest BCUT2D eigenvalue weighted by Gasteiger charge is -2.42. The van der Waals surface area contributed by atoms with Crippen molar-refractivity contribution < 1.29 is 14.6 Å². The summed E-state index contributed by atoms with van der Waals surface area (Å²) >= 11 is 0. The van der Waals surface area contributed by atoms with Gasteiger partial charge in [0.2, 0.25) is 0 Å². The van der Waals surface area contributed by atoms with Crippen LogP contribution in [0.15, 0.2) is 42.5 Å². The summed E-state index contributed by atoms with van der Waals surface area (Å²) in [5, 5.41) is 8.88. The first-order valence-corrected chi connectivity index (χ1v) is 9.38. The first kappa shape index (κ1) is 19.2. The molecule has 142 valence electrons. The molecule has 0 spiro atoms. The van der Waals surface area contributed by atoms with Gasteiger partial charge in [0, 0.05) is 11.6 Å². The van der Waals surface area contributed by atoms with Crippen LogP contribution in [-0.4, -0.2) is 18.2 Å². The minimum Gasteiger partial charge on any atom is -0.496 e. The fourth-order valence-corrected chi connectivity index (χ4v) is 3.97. The Kier molecular flexibility index (Phi) is 4.90. The molecule has 27 heavy (non-hydrogen) atoms. The third kappa shape index (κ3) is 3.78. The molecular formula is C24H28O3. The van der Waals surface area contributed by atoms with E-state index < -0.39 is 5.97 Å². The third-order valence-corrected chi connectivity index (χ3v) is 5.79. The van der Waals surface area contributed by atoms with Crippen molar-refractivity contribution in [2.24, 2.45) is 0 Å². The number of hydrogen-bond acceptors (Lipinski definition) is 2. The van der Waals surface area contributed by atoms with Gasteiger partial charge >= 0.3 is 5.97 Å². The molecule has 1 N–H and O–H groups in total. The molecule has 0 amide bonds. The zero-order valence-corrected chi connectivity index (χ0v) is 16.8. The molecule has 0 atom stereocenters. The van der Waals surface area contributed by atoms with Crippen LogP contribution >= 0.6 is 0 Å². The van der Waals surface area contributed by atoms with Gasteiger partial charge in [0.15, 0.2) is 0 Å². The maximum atomic E-state index is 10.8. The second-order valence-electron chi connectivity index (χ2n) is 8.66. The number of ether oxygens (including phenoxy) is 1. The molecule has 0 heterocycles. The number of carboxylic acids is 1. The predicted octanol–water partition coefficient (Wildman–Crippen LogP) is 5.81. The number of carbonyl (C=O) groups is 1. The van der Waals surface area contributed by atoms with Gasteiger partial charge < -0.3 is 9.84 Å². The van der Waals surface area contributed by atoms with E-state index in [0.29, 0.717) is 0 Å². The van der Waals surface area contributed by atoms with Crippen molar-refractivity contribution in [3.8, 4) is 16.9 Å². The minimum atomic E-state index is -0.948. The third-order valence-electron chi connectivity index (χ3n) is 5.79. The average molecular weight is 364 g/mol. The Bertz CT molecular complexity index is 904. The van der Waals surface area contributed by atoms with Crippen molar-refractivity contribution >= 4 is 12.0 Å². The summed E-state index contributed by atoms with van der Waals surface area (Å²) in [4.78, 5) is 10.8. The summed E-state index contributed by atoms with van der Waals surface area (Å²) < 4.78 is 5.75. The highest BCUT2D eigenvalue weighted by molar-refractivity contribution is 5.86. The van der Waals surface area contributed by atoms with Crippen LogP contribution in [-0.2, 0) is 15.6 Å². The normalized spacial score (nSPS) is 17.5. The van der Waals surface area contributed by atoms with Gasteiger partial charge in [-0.3, -0.25) is 0 Å². The Morgan fingerprint density at radius 3 is 2.26 bits per heavy atom. The van der Waals surface area contributed by atoms with Crippen molar-refractivity contribution in [2.75, 3.05) is 7.11 Å². The molecule has 0 saturated carbocycles. The van der Waals surface area contributed by atoms with Crippen LogP contribution in [0.25, 0.3) is 17.2 Å². The van der Waals surface area contributed by atoms with E-state index in [1.807, 2.05) is 24.3 Å². The number of fused-ring (bicyclic) bond motifs is 1. The smallest absolute Gasteiger partial charge is 0.328 e. The Morgan fingerprint density at radius 1 is 1.04 bits per heavy atom. The Hall–Kier alpha value is -2.55. The molecule has 3 heteroatoms. The monoisotopic (exact) mass is 364 g/mol. The zero-order valence-electron chi connectivity index (χ0n) is 16.8. The quantitative estimate of drug-likeness (QED) is 0.697. The minimum absolute atomic E-state index is 0.118. The summed E-state index contributed by atoms with van der Waals surface area (Å²) in [6, 6.07) is 12.4. The number of aliphatic carboxylic acids is 1. The molecule has 2 aromatic carbocycles. The SMILES string of the molecule is COc1cc2c(cc1-c1cccc(C=CC(=O)O)c1)C(C)(C)CCC2(C)C. The van der Waals surface area contributed by atoms with Crippen LogP contribution < -0.4 is 4.74 Å². The van der Waals surface area contributed by atoms with Crippen molar-refractivity contribution in [2.45, 2.75) is 51.4 Å². The van der Waals surface area contributed by atoms with Crippen molar-refractivity contribution in [3.05, 3.63) is 59.2 Å². The summed E-state index contributed by atoms with van der Waals surface area (Å²) in [5.41, 5.74) is 5.92. The van der Waals surface area contributed by atoms with E-state index >= 15 is 0 Å². The van der Waals surface area contributed by atoms with E-state index in [2.05, 4.69) is 39.8 Å². The highest BCUT2D eigenvalue weighted by atomic mass is 16.5. The van der Waals surface area contributed by atoms with Crippen LogP contribution in [0, 0.1) is 0 Å². The maximum Gasteiger partial charge on any atom is 0.328 e. The van der Waals surface area contributed by atoms with Gasteiger partial charge in [0.25, 0.3) is 0 Å². The lowest BCUT2D eigenvalue weighted by atomic mass is 9.62. The van der Waals surface area contributed by atoms with Gasteiger partial charge in [0.1, 0.15) is 5.75 Å². The van der Waals surface area contributed by atoms with E-state index in [0.717, 1.165) is 41.4 Å². The largest absolute Gasteiger partial charge is 0.496 e. The van der Waals surface area contributed by atoms with Crippen molar-refractivity contribution in [1.29, 1.82) is 0 Å². The second-order valence-corrected chi connectivity index (χ2v) is 8.66. The molecule has 1 aliphatic rings. The van der Waals surface area contributed by atoms with Gasteiger partial charge in [-0.15, -0.1) is 0 Å². The topological polar surface area (TPSA) is 46.5 Å². The van der Waals surface area contributed by atoms with Crippen LogP contribution in [0.3, 0.4) is 0 Å².